The third kappa shape index (κ3) is 4.89. The molecule has 1 rings (SSSR count). The fraction of sp³-hybridized carbons (Fsp3) is 0.615. The molecule has 0 aliphatic rings. The third-order valence-corrected chi connectivity index (χ3v) is 5.02. The van der Waals surface area contributed by atoms with Crippen molar-refractivity contribution >= 4 is 9.84 Å². The van der Waals surface area contributed by atoms with Gasteiger partial charge in [-0.05, 0) is 30.9 Å². The van der Waals surface area contributed by atoms with E-state index in [0.29, 0.717) is 12.8 Å². The highest BCUT2D eigenvalue weighted by Gasteiger charge is 2.16. The number of aromatic nitrogens is 1. The van der Waals surface area contributed by atoms with Crippen molar-refractivity contribution < 1.29 is 8.42 Å². The Morgan fingerprint density at radius 3 is 2.74 bits per heavy atom. The zero-order chi connectivity index (χ0) is 14.3. The lowest BCUT2D eigenvalue weighted by molar-refractivity contribution is 0.493. The SMILES string of the molecule is CCc1cccnc1C(CCCS(=O)(=O)CC)NN. The molecule has 0 saturated carbocycles. The first kappa shape index (κ1) is 16.1. The largest absolute Gasteiger partial charge is 0.271 e. The Balaban J connectivity index is 2.68. The Bertz CT molecular complexity index is 488. The van der Waals surface area contributed by atoms with Gasteiger partial charge in [0, 0.05) is 11.9 Å². The van der Waals surface area contributed by atoms with Gasteiger partial charge >= 0.3 is 0 Å². The summed E-state index contributed by atoms with van der Waals surface area (Å²) in [6.45, 7) is 3.73. The van der Waals surface area contributed by atoms with E-state index in [4.69, 9.17) is 5.84 Å². The number of hydrogen-bond donors (Lipinski definition) is 2. The van der Waals surface area contributed by atoms with Crippen LogP contribution in [-0.2, 0) is 16.3 Å². The van der Waals surface area contributed by atoms with Crippen molar-refractivity contribution in [3.8, 4) is 0 Å². The zero-order valence-electron chi connectivity index (χ0n) is 11.6. The molecular weight excluding hydrogens is 262 g/mol. The molecule has 0 spiro atoms. The standard InChI is InChI=1S/C13H23N3O2S/c1-3-11-7-5-9-15-13(11)12(16-14)8-6-10-19(17,18)4-2/h5,7,9,12,16H,3-4,6,8,10,14H2,1-2H3. The number of nitrogens with two attached hydrogens (primary N) is 1. The lowest BCUT2D eigenvalue weighted by Crippen LogP contribution is -2.30. The average Bonchev–Trinajstić information content (AvgIpc) is 2.43. The highest BCUT2D eigenvalue weighted by atomic mass is 32.2. The fourth-order valence-corrected chi connectivity index (χ4v) is 2.91. The fourth-order valence-electron chi connectivity index (χ4n) is 2.01. The molecule has 19 heavy (non-hydrogen) atoms. The smallest absolute Gasteiger partial charge is 0.150 e. The minimum Gasteiger partial charge on any atom is -0.271 e. The van der Waals surface area contributed by atoms with Gasteiger partial charge in [0.25, 0.3) is 0 Å². The zero-order valence-corrected chi connectivity index (χ0v) is 12.4. The second kappa shape index (κ2) is 7.57. The van der Waals surface area contributed by atoms with Crippen molar-refractivity contribution in [3.05, 3.63) is 29.6 Å². The normalized spacial score (nSPS) is 13.4. The van der Waals surface area contributed by atoms with E-state index in [1.54, 1.807) is 13.1 Å². The molecule has 3 N–H and O–H groups in total. The molecule has 0 aliphatic heterocycles. The van der Waals surface area contributed by atoms with Crippen LogP contribution in [0.4, 0.5) is 0 Å². The number of rotatable bonds is 8. The summed E-state index contributed by atoms with van der Waals surface area (Å²) in [7, 11) is -2.91. The summed E-state index contributed by atoms with van der Waals surface area (Å²) in [4.78, 5) is 4.36. The van der Waals surface area contributed by atoms with Gasteiger partial charge in [-0.2, -0.15) is 0 Å². The maximum Gasteiger partial charge on any atom is 0.150 e. The van der Waals surface area contributed by atoms with Gasteiger partial charge in [-0.25, -0.2) is 8.42 Å². The van der Waals surface area contributed by atoms with Crippen molar-refractivity contribution in [2.24, 2.45) is 5.84 Å². The summed E-state index contributed by atoms with van der Waals surface area (Å²) in [5.41, 5.74) is 4.80. The van der Waals surface area contributed by atoms with Crippen molar-refractivity contribution in [1.29, 1.82) is 0 Å². The molecule has 0 aromatic carbocycles. The molecule has 1 aromatic heterocycles. The molecule has 0 saturated heterocycles. The molecule has 0 bridgehead atoms. The first-order valence-corrected chi connectivity index (χ1v) is 8.46. The third-order valence-electron chi connectivity index (χ3n) is 3.23. The maximum atomic E-state index is 11.5. The van der Waals surface area contributed by atoms with Crippen LogP contribution in [0.3, 0.4) is 0 Å². The molecule has 0 fully saturated rings. The Kier molecular flexibility index (Phi) is 6.41. The van der Waals surface area contributed by atoms with E-state index in [2.05, 4.69) is 17.3 Å². The Labute approximate surface area is 115 Å². The second-order valence-corrected chi connectivity index (χ2v) is 6.97. The minimum atomic E-state index is -2.91. The molecule has 1 atom stereocenters. The van der Waals surface area contributed by atoms with Gasteiger partial charge in [0.2, 0.25) is 0 Å². The maximum absolute atomic E-state index is 11.5. The number of hydrogen-bond acceptors (Lipinski definition) is 5. The van der Waals surface area contributed by atoms with Gasteiger partial charge in [0.15, 0.2) is 0 Å². The Morgan fingerprint density at radius 2 is 2.16 bits per heavy atom. The number of nitrogens with one attached hydrogen (secondary N) is 1. The molecule has 0 amide bonds. The predicted octanol–water partition coefficient (Wildman–Crippen LogP) is 1.36. The van der Waals surface area contributed by atoms with Crippen LogP contribution in [0, 0.1) is 0 Å². The molecule has 0 radical (unpaired) electrons. The number of sulfone groups is 1. The van der Waals surface area contributed by atoms with E-state index < -0.39 is 9.84 Å². The summed E-state index contributed by atoms with van der Waals surface area (Å²) in [5, 5.41) is 0. The average molecular weight is 285 g/mol. The van der Waals surface area contributed by atoms with Crippen LogP contribution in [0.1, 0.15) is 44.0 Å². The van der Waals surface area contributed by atoms with E-state index in [1.165, 1.54) is 0 Å². The highest BCUT2D eigenvalue weighted by Crippen LogP contribution is 2.20. The van der Waals surface area contributed by atoms with Gasteiger partial charge in [-0.3, -0.25) is 16.3 Å². The topological polar surface area (TPSA) is 85.1 Å². The van der Waals surface area contributed by atoms with Crippen molar-refractivity contribution in [3.63, 3.8) is 0 Å². The number of hydrazine groups is 1. The second-order valence-electron chi connectivity index (χ2n) is 4.50. The molecular formula is C13H23N3O2S. The summed E-state index contributed by atoms with van der Waals surface area (Å²) in [5.74, 6) is 5.97. The van der Waals surface area contributed by atoms with Crippen LogP contribution in [0.15, 0.2) is 18.3 Å². The minimum absolute atomic E-state index is 0.0943. The van der Waals surface area contributed by atoms with Crippen LogP contribution >= 0.6 is 0 Å². The van der Waals surface area contributed by atoms with Crippen molar-refractivity contribution in [2.45, 2.75) is 39.2 Å². The molecule has 5 nitrogen and oxygen atoms in total. The lowest BCUT2D eigenvalue weighted by atomic mass is 10.0. The number of pyridine rings is 1. The first-order valence-electron chi connectivity index (χ1n) is 6.64. The van der Waals surface area contributed by atoms with Gasteiger partial charge in [0.05, 0.1) is 17.5 Å². The van der Waals surface area contributed by atoms with Crippen molar-refractivity contribution in [2.75, 3.05) is 11.5 Å². The molecule has 1 heterocycles. The number of nitrogens with zero attached hydrogens (tertiary/aromatic N) is 1. The molecule has 1 aromatic rings. The van der Waals surface area contributed by atoms with Gasteiger partial charge < -0.3 is 0 Å². The van der Waals surface area contributed by atoms with Crippen LogP contribution < -0.4 is 11.3 Å². The summed E-state index contributed by atoms with van der Waals surface area (Å²) in [6.07, 6.45) is 3.88. The summed E-state index contributed by atoms with van der Waals surface area (Å²) >= 11 is 0. The van der Waals surface area contributed by atoms with Gasteiger partial charge in [-0.15, -0.1) is 0 Å². The van der Waals surface area contributed by atoms with Crippen molar-refractivity contribution in [1.82, 2.24) is 10.4 Å². The first-order chi connectivity index (χ1) is 9.04. The van der Waals surface area contributed by atoms with E-state index in [9.17, 15) is 8.42 Å². The lowest BCUT2D eigenvalue weighted by Gasteiger charge is -2.18. The highest BCUT2D eigenvalue weighted by molar-refractivity contribution is 7.91. The van der Waals surface area contributed by atoms with Gasteiger partial charge in [0.1, 0.15) is 9.84 Å². The predicted molar refractivity (Wildman–Crippen MR) is 77.2 cm³/mol. The molecule has 108 valence electrons. The van der Waals surface area contributed by atoms with Crippen LogP contribution in [-0.4, -0.2) is 24.9 Å². The van der Waals surface area contributed by atoms with Crippen LogP contribution in [0.2, 0.25) is 0 Å². The number of aryl methyl sites for hydroxylation is 1. The van der Waals surface area contributed by atoms with E-state index in [0.717, 1.165) is 17.7 Å². The monoisotopic (exact) mass is 285 g/mol. The molecule has 0 aliphatic carbocycles. The quantitative estimate of drug-likeness (QED) is 0.556. The van der Waals surface area contributed by atoms with E-state index >= 15 is 0 Å². The van der Waals surface area contributed by atoms with Crippen LogP contribution in [0.25, 0.3) is 0 Å². The Hall–Kier alpha value is -0.980. The molecule has 6 heteroatoms. The van der Waals surface area contributed by atoms with E-state index in [1.807, 2.05) is 12.1 Å². The summed E-state index contributed by atoms with van der Waals surface area (Å²) in [6, 6.07) is 3.83. The Morgan fingerprint density at radius 1 is 1.42 bits per heavy atom. The van der Waals surface area contributed by atoms with Gasteiger partial charge in [-0.1, -0.05) is 19.9 Å². The van der Waals surface area contributed by atoms with E-state index in [-0.39, 0.29) is 17.5 Å². The van der Waals surface area contributed by atoms with Crippen LogP contribution in [0.5, 0.6) is 0 Å². The summed E-state index contributed by atoms with van der Waals surface area (Å²) < 4.78 is 22.9. The molecule has 1 unspecified atom stereocenters.